The van der Waals surface area contributed by atoms with E-state index < -0.39 is 14.9 Å². The summed E-state index contributed by atoms with van der Waals surface area (Å²) in [5.41, 5.74) is 6.72. The molecule has 5 heteroatoms. The minimum absolute atomic E-state index is 0. The van der Waals surface area contributed by atoms with Gasteiger partial charge in [-0.1, -0.05) is 71.7 Å². The molecule has 0 N–H and O–H groups in total. The largest absolute Gasteiger partial charge is 0.501 e. The SMILES string of the molecule is Cc1ccnc(-c2[c-]ccc3c2oc2cccc([Si](C)(C)C)c23)c1.[2H]C([2H])([2H])c1ccc(-c2[c-]cccc2)nc1.[Ir]. The molecule has 0 bridgehead atoms. The molecule has 38 heavy (non-hydrogen) atoms. The number of benzene rings is 3. The maximum atomic E-state index is 7.23. The van der Waals surface area contributed by atoms with Crippen LogP contribution in [-0.2, 0) is 20.1 Å². The van der Waals surface area contributed by atoms with Crippen LogP contribution in [0.2, 0.25) is 19.6 Å². The molecule has 0 amide bonds. The van der Waals surface area contributed by atoms with Gasteiger partial charge in [0.1, 0.15) is 5.58 Å². The first-order valence-electron chi connectivity index (χ1n) is 13.8. The molecule has 193 valence electrons. The standard InChI is InChI=1S/C21H20NOSi.C12H10N.Ir/c1-14-11-12-22-17(13-14)15-7-5-8-16-20-18(23-21(15)16)9-6-10-19(20)24(2,3)4;1-10-7-8-12(13-9-10)11-5-3-2-4-6-11;/h5-6,8-13H,1-4H3;2-5,7-9H,1H3;/q2*-1;/i;1D3;. The summed E-state index contributed by atoms with van der Waals surface area (Å²) in [6, 6.07) is 31.7. The van der Waals surface area contributed by atoms with Crippen LogP contribution in [0.25, 0.3) is 44.5 Å². The third-order valence-electron chi connectivity index (χ3n) is 6.19. The zero-order valence-corrected chi connectivity index (χ0v) is 25.2. The van der Waals surface area contributed by atoms with Gasteiger partial charge in [0.05, 0.1) is 13.7 Å². The van der Waals surface area contributed by atoms with Gasteiger partial charge in [0.2, 0.25) is 0 Å². The van der Waals surface area contributed by atoms with Crippen molar-refractivity contribution in [3.63, 3.8) is 0 Å². The maximum absolute atomic E-state index is 7.23. The van der Waals surface area contributed by atoms with Gasteiger partial charge in [0, 0.05) is 42.0 Å². The average Bonchev–Trinajstić information content (AvgIpc) is 3.32. The third kappa shape index (κ3) is 5.86. The second-order valence-electron chi connectivity index (χ2n) is 10.1. The summed E-state index contributed by atoms with van der Waals surface area (Å²) in [6.45, 7) is 7.11. The van der Waals surface area contributed by atoms with Crippen molar-refractivity contribution < 1.29 is 28.6 Å². The van der Waals surface area contributed by atoms with Crippen LogP contribution in [-0.4, -0.2) is 18.0 Å². The van der Waals surface area contributed by atoms with Crippen LogP contribution < -0.4 is 5.19 Å². The Morgan fingerprint density at radius 3 is 2.39 bits per heavy atom. The summed E-state index contributed by atoms with van der Waals surface area (Å²) in [4.78, 5) is 8.64. The van der Waals surface area contributed by atoms with Gasteiger partial charge >= 0.3 is 0 Å². The minimum Gasteiger partial charge on any atom is -0.501 e. The molecule has 3 aromatic carbocycles. The van der Waals surface area contributed by atoms with E-state index in [-0.39, 0.29) is 25.7 Å². The quantitative estimate of drug-likeness (QED) is 0.139. The number of hydrogen-bond donors (Lipinski definition) is 0. The molecular weight excluding hydrogens is 661 g/mol. The number of aryl methyl sites for hydroxylation is 2. The summed E-state index contributed by atoms with van der Waals surface area (Å²) < 4.78 is 28.0. The molecule has 0 aliphatic carbocycles. The first kappa shape index (κ1) is 23.7. The fourth-order valence-electron chi connectivity index (χ4n) is 4.39. The molecule has 6 rings (SSSR count). The van der Waals surface area contributed by atoms with Crippen LogP contribution in [0.3, 0.4) is 0 Å². The number of fused-ring (bicyclic) bond motifs is 3. The van der Waals surface area contributed by atoms with E-state index in [1.807, 2.05) is 36.5 Å². The van der Waals surface area contributed by atoms with Gasteiger partial charge in [-0.05, 0) is 42.9 Å². The number of pyridine rings is 2. The Morgan fingerprint density at radius 2 is 1.71 bits per heavy atom. The Kier molecular flexibility index (Phi) is 7.22. The van der Waals surface area contributed by atoms with Crippen molar-refractivity contribution in [1.82, 2.24) is 9.97 Å². The van der Waals surface area contributed by atoms with Gasteiger partial charge in [0.25, 0.3) is 0 Å². The Morgan fingerprint density at radius 1 is 0.842 bits per heavy atom. The Hall–Kier alpha value is -3.37. The molecule has 3 heterocycles. The van der Waals surface area contributed by atoms with Crippen molar-refractivity contribution in [3.8, 4) is 22.5 Å². The van der Waals surface area contributed by atoms with Crippen molar-refractivity contribution in [3.05, 3.63) is 115 Å². The number of furan rings is 1. The molecule has 0 aliphatic heterocycles. The van der Waals surface area contributed by atoms with Crippen molar-refractivity contribution in [2.75, 3.05) is 0 Å². The zero-order chi connectivity index (χ0) is 28.5. The summed E-state index contributed by atoms with van der Waals surface area (Å²) in [5, 5.41) is 3.86. The summed E-state index contributed by atoms with van der Waals surface area (Å²) in [5.74, 6) is 0. The summed E-state index contributed by atoms with van der Waals surface area (Å²) >= 11 is 0. The van der Waals surface area contributed by atoms with Gasteiger partial charge in [-0.2, -0.15) is 0 Å². The summed E-state index contributed by atoms with van der Waals surface area (Å²) in [6.07, 6.45) is 3.23. The molecule has 6 aromatic rings. The molecule has 3 nitrogen and oxygen atoms in total. The predicted octanol–water partition coefficient (Wildman–Crippen LogP) is 8.16. The third-order valence-corrected chi connectivity index (χ3v) is 8.22. The van der Waals surface area contributed by atoms with E-state index in [0.29, 0.717) is 0 Å². The summed E-state index contributed by atoms with van der Waals surface area (Å²) in [7, 11) is -1.47. The second kappa shape index (κ2) is 11.6. The maximum Gasteiger partial charge on any atom is 0.120 e. The van der Waals surface area contributed by atoms with Crippen LogP contribution in [0.15, 0.2) is 95.7 Å². The molecule has 0 spiro atoms. The molecule has 3 aromatic heterocycles. The van der Waals surface area contributed by atoms with Gasteiger partial charge in [-0.15, -0.1) is 54.1 Å². The van der Waals surface area contributed by atoms with E-state index >= 15 is 0 Å². The first-order valence-corrected chi connectivity index (χ1v) is 15.8. The average molecular weight is 694 g/mol. The molecule has 0 atom stereocenters. The van der Waals surface area contributed by atoms with Crippen molar-refractivity contribution in [2.24, 2.45) is 0 Å². The first-order chi connectivity index (χ1) is 19.0. The predicted molar refractivity (Wildman–Crippen MR) is 157 cm³/mol. The van der Waals surface area contributed by atoms with Crippen LogP contribution in [0.5, 0.6) is 0 Å². The van der Waals surface area contributed by atoms with E-state index in [0.717, 1.165) is 33.7 Å². The van der Waals surface area contributed by atoms with E-state index in [1.165, 1.54) is 27.7 Å². The smallest absolute Gasteiger partial charge is 0.120 e. The molecular formula is C33H30IrN2OSi-2. The van der Waals surface area contributed by atoms with Crippen molar-refractivity contribution in [2.45, 2.75) is 33.4 Å². The fraction of sp³-hybridized carbons (Fsp3) is 0.152. The van der Waals surface area contributed by atoms with Crippen LogP contribution in [0.1, 0.15) is 15.2 Å². The molecule has 0 saturated carbocycles. The van der Waals surface area contributed by atoms with Crippen LogP contribution in [0.4, 0.5) is 0 Å². The van der Waals surface area contributed by atoms with Crippen molar-refractivity contribution in [1.29, 1.82) is 0 Å². The Bertz CT molecular complexity index is 1780. The van der Waals surface area contributed by atoms with Gasteiger partial charge in [-0.3, -0.25) is 0 Å². The molecule has 0 saturated heterocycles. The monoisotopic (exact) mass is 694 g/mol. The van der Waals surface area contributed by atoms with Crippen molar-refractivity contribution >= 4 is 35.2 Å². The van der Waals surface area contributed by atoms with Gasteiger partial charge < -0.3 is 14.4 Å². The molecule has 0 unspecified atom stereocenters. The van der Waals surface area contributed by atoms with Crippen LogP contribution >= 0.6 is 0 Å². The zero-order valence-electron chi connectivity index (χ0n) is 24.8. The number of nitrogens with zero attached hydrogens (tertiary/aromatic N) is 2. The second-order valence-corrected chi connectivity index (χ2v) is 15.1. The molecule has 1 radical (unpaired) electrons. The van der Waals surface area contributed by atoms with E-state index in [2.05, 4.69) is 79.0 Å². The number of rotatable bonds is 3. The van der Waals surface area contributed by atoms with Crippen LogP contribution in [0, 0.1) is 25.9 Å². The van der Waals surface area contributed by atoms with E-state index in [9.17, 15) is 0 Å². The van der Waals surface area contributed by atoms with Gasteiger partial charge in [-0.25, -0.2) is 0 Å². The van der Waals surface area contributed by atoms with E-state index in [1.54, 1.807) is 18.2 Å². The number of hydrogen-bond acceptors (Lipinski definition) is 3. The molecule has 0 fully saturated rings. The van der Waals surface area contributed by atoms with Gasteiger partial charge in [0.15, 0.2) is 0 Å². The minimum atomic E-state index is -2.09. The molecule has 0 aliphatic rings. The Labute approximate surface area is 243 Å². The topological polar surface area (TPSA) is 38.9 Å². The van der Waals surface area contributed by atoms with E-state index in [4.69, 9.17) is 8.53 Å². The number of aromatic nitrogens is 2. The normalized spacial score (nSPS) is 12.6. The fourth-order valence-corrected chi connectivity index (χ4v) is 5.99. The Balaban J connectivity index is 0.000000200.